The minimum atomic E-state index is -0.550. The zero-order valence-corrected chi connectivity index (χ0v) is 11.4. The lowest BCUT2D eigenvalue weighted by Gasteiger charge is -2.23. The summed E-state index contributed by atoms with van der Waals surface area (Å²) in [4.78, 5) is 23.3. The molecular formula is C13H21NO4. The number of allylic oxidation sites excluding steroid dienone is 1. The van der Waals surface area contributed by atoms with Crippen molar-refractivity contribution in [2.24, 2.45) is 5.92 Å². The number of alkyl carbamates (subject to hydrolysis) is 1. The number of hydrogen-bond acceptors (Lipinski definition) is 4. The van der Waals surface area contributed by atoms with Crippen molar-refractivity contribution in [3.05, 3.63) is 12.2 Å². The molecule has 0 fully saturated rings. The average Bonchev–Trinajstić information content (AvgIpc) is 2.62. The van der Waals surface area contributed by atoms with E-state index in [1.807, 2.05) is 6.08 Å². The number of amides is 1. The predicted molar refractivity (Wildman–Crippen MR) is 67.0 cm³/mol. The summed E-state index contributed by atoms with van der Waals surface area (Å²) in [5, 5.41) is 2.68. The van der Waals surface area contributed by atoms with Crippen molar-refractivity contribution in [1.29, 1.82) is 0 Å². The largest absolute Gasteiger partial charge is 0.466 e. The van der Waals surface area contributed by atoms with Crippen LogP contribution in [0.25, 0.3) is 0 Å². The Balaban J connectivity index is 2.52. The van der Waals surface area contributed by atoms with Crippen LogP contribution in [0.2, 0.25) is 0 Å². The first-order valence-corrected chi connectivity index (χ1v) is 6.16. The van der Waals surface area contributed by atoms with Gasteiger partial charge in [-0.15, -0.1) is 0 Å². The van der Waals surface area contributed by atoms with Gasteiger partial charge in [-0.3, -0.25) is 4.79 Å². The summed E-state index contributed by atoms with van der Waals surface area (Å²) < 4.78 is 10.1. The molecule has 1 aliphatic rings. The van der Waals surface area contributed by atoms with Crippen molar-refractivity contribution < 1.29 is 19.1 Å². The summed E-state index contributed by atoms with van der Waals surface area (Å²) in [6.45, 7) is 7.48. The van der Waals surface area contributed by atoms with Gasteiger partial charge in [0.05, 0.1) is 18.6 Å². The molecule has 5 nitrogen and oxygen atoms in total. The molecule has 0 spiro atoms. The molecule has 0 bridgehead atoms. The molecule has 0 aromatic heterocycles. The highest BCUT2D eigenvalue weighted by Crippen LogP contribution is 2.21. The first-order chi connectivity index (χ1) is 8.33. The number of esters is 1. The van der Waals surface area contributed by atoms with Gasteiger partial charge in [0.1, 0.15) is 5.60 Å². The van der Waals surface area contributed by atoms with Crippen LogP contribution >= 0.6 is 0 Å². The second-order valence-electron chi connectivity index (χ2n) is 5.19. The summed E-state index contributed by atoms with van der Waals surface area (Å²) >= 11 is 0. The van der Waals surface area contributed by atoms with E-state index in [1.54, 1.807) is 33.8 Å². The van der Waals surface area contributed by atoms with Crippen LogP contribution in [0.1, 0.15) is 34.1 Å². The summed E-state index contributed by atoms with van der Waals surface area (Å²) in [6, 6.07) is -0.348. The third-order valence-corrected chi connectivity index (χ3v) is 2.44. The van der Waals surface area contributed by atoms with Crippen molar-refractivity contribution in [2.75, 3.05) is 6.61 Å². The highest BCUT2D eigenvalue weighted by atomic mass is 16.6. The molecule has 1 amide bonds. The molecule has 1 N–H and O–H groups in total. The van der Waals surface area contributed by atoms with E-state index < -0.39 is 11.7 Å². The van der Waals surface area contributed by atoms with Crippen LogP contribution in [-0.2, 0) is 14.3 Å². The van der Waals surface area contributed by atoms with Crippen LogP contribution in [0.15, 0.2) is 12.2 Å². The van der Waals surface area contributed by atoms with Gasteiger partial charge in [0, 0.05) is 0 Å². The smallest absolute Gasteiger partial charge is 0.408 e. The van der Waals surface area contributed by atoms with E-state index in [-0.39, 0.29) is 17.9 Å². The fraction of sp³-hybridized carbons (Fsp3) is 0.692. The van der Waals surface area contributed by atoms with Crippen LogP contribution in [-0.4, -0.2) is 30.3 Å². The van der Waals surface area contributed by atoms with Gasteiger partial charge in [-0.05, 0) is 34.1 Å². The molecule has 0 unspecified atom stereocenters. The molecule has 0 aliphatic heterocycles. The maximum Gasteiger partial charge on any atom is 0.408 e. The average molecular weight is 255 g/mol. The lowest BCUT2D eigenvalue weighted by Crippen LogP contribution is -2.43. The number of carbonyl (C=O) groups excluding carboxylic acids is 2. The summed E-state index contributed by atoms with van der Waals surface area (Å²) in [7, 11) is 0. The van der Waals surface area contributed by atoms with Gasteiger partial charge in [-0.1, -0.05) is 12.2 Å². The highest BCUT2D eigenvalue weighted by molar-refractivity contribution is 5.76. The maximum atomic E-state index is 11.7. The van der Waals surface area contributed by atoms with Crippen LogP contribution in [0.5, 0.6) is 0 Å². The Morgan fingerprint density at radius 3 is 2.61 bits per heavy atom. The van der Waals surface area contributed by atoms with E-state index in [9.17, 15) is 9.59 Å². The van der Waals surface area contributed by atoms with E-state index in [1.165, 1.54) is 0 Å². The first kappa shape index (κ1) is 14.5. The van der Waals surface area contributed by atoms with Crippen molar-refractivity contribution in [3.63, 3.8) is 0 Å². The molecule has 1 aliphatic carbocycles. The van der Waals surface area contributed by atoms with Crippen LogP contribution in [0.3, 0.4) is 0 Å². The van der Waals surface area contributed by atoms with E-state index in [2.05, 4.69) is 5.32 Å². The van der Waals surface area contributed by atoms with Crippen LogP contribution < -0.4 is 5.32 Å². The van der Waals surface area contributed by atoms with Gasteiger partial charge in [-0.2, -0.15) is 0 Å². The molecule has 0 aromatic rings. The summed E-state index contributed by atoms with van der Waals surface area (Å²) in [5.41, 5.74) is -0.550. The van der Waals surface area contributed by atoms with Crippen molar-refractivity contribution in [3.8, 4) is 0 Å². The second-order valence-corrected chi connectivity index (χ2v) is 5.19. The minimum Gasteiger partial charge on any atom is -0.466 e. The van der Waals surface area contributed by atoms with E-state index in [0.29, 0.717) is 13.0 Å². The third kappa shape index (κ3) is 4.39. The van der Waals surface area contributed by atoms with E-state index >= 15 is 0 Å². The SMILES string of the molecule is CCOC(=O)[C@@H]1CC=C[C@@H]1NC(=O)OC(C)(C)C. The molecule has 0 aromatic carbocycles. The van der Waals surface area contributed by atoms with Gasteiger partial charge in [-0.25, -0.2) is 4.79 Å². The zero-order valence-electron chi connectivity index (χ0n) is 11.4. The molecule has 0 radical (unpaired) electrons. The topological polar surface area (TPSA) is 64.6 Å². The third-order valence-electron chi connectivity index (χ3n) is 2.44. The van der Waals surface area contributed by atoms with Gasteiger partial charge in [0.15, 0.2) is 0 Å². The standard InChI is InChI=1S/C13H21NO4/c1-5-17-11(15)9-7-6-8-10(9)14-12(16)18-13(2,3)4/h6,8-10H,5,7H2,1-4H3,(H,14,16)/t9-,10+/m1/s1. The van der Waals surface area contributed by atoms with Crippen molar-refractivity contribution in [1.82, 2.24) is 5.32 Å². The van der Waals surface area contributed by atoms with Gasteiger partial charge < -0.3 is 14.8 Å². The monoisotopic (exact) mass is 255 g/mol. The molecule has 0 heterocycles. The highest BCUT2D eigenvalue weighted by Gasteiger charge is 2.32. The summed E-state index contributed by atoms with van der Waals surface area (Å²) in [6.07, 6.45) is 3.72. The molecule has 0 saturated heterocycles. The molecule has 102 valence electrons. The second kappa shape index (κ2) is 5.89. The number of rotatable bonds is 3. The van der Waals surface area contributed by atoms with Gasteiger partial charge >= 0.3 is 12.1 Å². The Hall–Kier alpha value is -1.52. The van der Waals surface area contributed by atoms with Crippen LogP contribution in [0, 0.1) is 5.92 Å². The lowest BCUT2D eigenvalue weighted by atomic mass is 10.0. The maximum absolute atomic E-state index is 11.7. The normalized spacial score (nSPS) is 22.7. The first-order valence-electron chi connectivity index (χ1n) is 6.16. The Morgan fingerprint density at radius 1 is 1.39 bits per heavy atom. The Bertz CT molecular complexity index is 343. The molecule has 0 saturated carbocycles. The van der Waals surface area contributed by atoms with E-state index in [4.69, 9.17) is 9.47 Å². The summed E-state index contributed by atoms with van der Waals surface area (Å²) in [5.74, 6) is -0.638. The quantitative estimate of drug-likeness (QED) is 0.619. The molecular weight excluding hydrogens is 234 g/mol. The number of nitrogens with one attached hydrogen (secondary N) is 1. The van der Waals surface area contributed by atoms with Crippen molar-refractivity contribution >= 4 is 12.1 Å². The Labute approximate surface area is 108 Å². The van der Waals surface area contributed by atoms with Gasteiger partial charge in [0.2, 0.25) is 0 Å². The Kier molecular flexibility index (Phi) is 4.76. The number of ether oxygens (including phenoxy) is 2. The van der Waals surface area contributed by atoms with Crippen molar-refractivity contribution in [2.45, 2.75) is 45.8 Å². The molecule has 18 heavy (non-hydrogen) atoms. The predicted octanol–water partition coefficient (Wildman–Crippen LogP) is 2.02. The fourth-order valence-electron chi connectivity index (χ4n) is 1.74. The van der Waals surface area contributed by atoms with Gasteiger partial charge in [0.25, 0.3) is 0 Å². The number of carbonyl (C=O) groups is 2. The van der Waals surface area contributed by atoms with Crippen LogP contribution in [0.4, 0.5) is 4.79 Å². The Morgan fingerprint density at radius 2 is 2.06 bits per heavy atom. The molecule has 5 heteroatoms. The number of hydrogen-bond donors (Lipinski definition) is 1. The minimum absolute atomic E-state index is 0.288. The molecule has 1 rings (SSSR count). The zero-order chi connectivity index (χ0) is 13.8. The molecule has 2 atom stereocenters. The fourth-order valence-corrected chi connectivity index (χ4v) is 1.74. The lowest BCUT2D eigenvalue weighted by molar-refractivity contribution is -0.148. The van der Waals surface area contributed by atoms with E-state index in [0.717, 1.165) is 0 Å².